The van der Waals surface area contributed by atoms with Crippen molar-refractivity contribution in [3.8, 4) is 28.4 Å². The lowest BCUT2D eigenvalue weighted by atomic mass is 9.85. The summed E-state index contributed by atoms with van der Waals surface area (Å²) in [6.45, 7) is 3.23. The summed E-state index contributed by atoms with van der Waals surface area (Å²) in [7, 11) is 0. The highest BCUT2D eigenvalue weighted by molar-refractivity contribution is 5.80. The summed E-state index contributed by atoms with van der Waals surface area (Å²) in [5.74, 6) is 0.0393. The Morgan fingerprint density at radius 1 is 0.909 bits per heavy atom. The van der Waals surface area contributed by atoms with E-state index in [-0.39, 0.29) is 18.1 Å². The van der Waals surface area contributed by atoms with E-state index in [0.29, 0.717) is 17.9 Å². The van der Waals surface area contributed by atoms with Crippen molar-refractivity contribution in [3.05, 3.63) is 90.0 Å². The van der Waals surface area contributed by atoms with E-state index < -0.39 is 5.97 Å². The molecule has 0 fully saturated rings. The molecule has 33 heavy (non-hydrogen) atoms. The van der Waals surface area contributed by atoms with Crippen LogP contribution in [0.5, 0.6) is 17.2 Å². The first-order chi connectivity index (χ1) is 16.0. The Morgan fingerprint density at radius 2 is 1.58 bits per heavy atom. The van der Waals surface area contributed by atoms with Crippen molar-refractivity contribution in [3.63, 3.8) is 0 Å². The summed E-state index contributed by atoms with van der Waals surface area (Å²) in [6.07, 6.45) is 3.30. The van der Waals surface area contributed by atoms with Gasteiger partial charge in [0.2, 0.25) is 0 Å². The molecule has 1 aliphatic rings. The van der Waals surface area contributed by atoms with Gasteiger partial charge in [-0.3, -0.25) is 14.6 Å². The van der Waals surface area contributed by atoms with Gasteiger partial charge in [0, 0.05) is 17.5 Å². The molecule has 168 valence electrons. The van der Waals surface area contributed by atoms with Gasteiger partial charge in [-0.2, -0.15) is 0 Å². The molecular weight excluding hydrogens is 424 g/mol. The smallest absolute Gasteiger partial charge is 0.369 e. The van der Waals surface area contributed by atoms with Crippen molar-refractivity contribution in [1.82, 2.24) is 0 Å². The number of fused-ring (bicyclic) bond motifs is 3. The maximum atomic E-state index is 12.3. The van der Waals surface area contributed by atoms with E-state index >= 15 is 0 Å². The Labute approximate surface area is 190 Å². The maximum Gasteiger partial charge on any atom is 0.369 e. The Morgan fingerprint density at radius 3 is 2.30 bits per heavy atom. The van der Waals surface area contributed by atoms with Gasteiger partial charge in [-0.05, 0) is 83.5 Å². The van der Waals surface area contributed by atoms with E-state index in [0.717, 1.165) is 46.7 Å². The predicted octanol–water partition coefficient (Wildman–Crippen LogP) is 4.65. The molecule has 0 spiro atoms. The number of rotatable bonds is 8. The molecular formula is C26H22O7. The number of hydrogen-bond donors (Lipinski definition) is 1. The van der Waals surface area contributed by atoms with Gasteiger partial charge in [-0.15, -0.1) is 0 Å². The van der Waals surface area contributed by atoms with Crippen LogP contribution in [-0.2, 0) is 38.8 Å². The first kappa shape index (κ1) is 22.1. The number of benzene rings is 3. The minimum Gasteiger partial charge on any atom is -0.508 e. The third-order valence-corrected chi connectivity index (χ3v) is 5.31. The fourth-order valence-corrected chi connectivity index (χ4v) is 3.69. The van der Waals surface area contributed by atoms with Crippen LogP contribution in [0.2, 0.25) is 0 Å². The standard InChI is InChI=1S/C26H22O7/c1-2-25(28)32-33-31-21-9-3-17(4-10-21)5-14-26(29)30-22-11-13-24-19(16-22)7-6-18-15-20(27)8-12-23(18)24/h2-4,8-13,15-16,27H,1,5-7,14H2. The summed E-state index contributed by atoms with van der Waals surface area (Å²) in [6, 6.07) is 17.9. The molecule has 0 atom stereocenters. The number of aryl methyl sites for hydroxylation is 3. The van der Waals surface area contributed by atoms with Gasteiger partial charge >= 0.3 is 11.9 Å². The number of esters is 1. The Kier molecular flexibility index (Phi) is 6.71. The van der Waals surface area contributed by atoms with E-state index in [1.54, 1.807) is 42.5 Å². The zero-order valence-corrected chi connectivity index (χ0v) is 17.8. The van der Waals surface area contributed by atoms with Gasteiger partial charge in [0.25, 0.3) is 0 Å². The third kappa shape index (κ3) is 5.58. The number of ether oxygens (including phenoxy) is 1. The quantitative estimate of drug-likeness (QED) is 0.177. The number of aromatic hydroxyl groups is 1. The monoisotopic (exact) mass is 446 g/mol. The number of phenols is 1. The topological polar surface area (TPSA) is 91.3 Å². The molecule has 0 saturated carbocycles. The van der Waals surface area contributed by atoms with Crippen LogP contribution in [0.3, 0.4) is 0 Å². The largest absolute Gasteiger partial charge is 0.508 e. The molecule has 7 nitrogen and oxygen atoms in total. The lowest BCUT2D eigenvalue weighted by Gasteiger charge is -2.20. The van der Waals surface area contributed by atoms with Crippen molar-refractivity contribution < 1.29 is 34.2 Å². The second-order valence-corrected chi connectivity index (χ2v) is 7.54. The molecule has 0 aromatic heterocycles. The van der Waals surface area contributed by atoms with Crippen LogP contribution < -0.4 is 9.62 Å². The van der Waals surface area contributed by atoms with Crippen LogP contribution in [0.1, 0.15) is 23.1 Å². The number of phenolic OH excluding ortho intramolecular Hbond substituents is 1. The summed E-state index contributed by atoms with van der Waals surface area (Å²) in [5.41, 5.74) is 5.35. The lowest BCUT2D eigenvalue weighted by Crippen LogP contribution is -2.10. The van der Waals surface area contributed by atoms with Gasteiger partial charge < -0.3 is 9.84 Å². The zero-order chi connectivity index (χ0) is 23.2. The molecule has 1 N–H and O–H groups in total. The van der Waals surface area contributed by atoms with Crippen LogP contribution in [0.15, 0.2) is 73.3 Å². The minimum absolute atomic E-state index is 0.215. The Hall–Kier alpha value is -4.10. The highest BCUT2D eigenvalue weighted by atomic mass is 17.5. The first-order valence-corrected chi connectivity index (χ1v) is 10.4. The zero-order valence-electron chi connectivity index (χ0n) is 17.8. The molecule has 7 heteroatoms. The molecule has 0 amide bonds. The van der Waals surface area contributed by atoms with Crippen molar-refractivity contribution >= 4 is 11.9 Å². The Bertz CT molecular complexity index is 1180. The van der Waals surface area contributed by atoms with Crippen molar-refractivity contribution in [2.45, 2.75) is 25.7 Å². The number of carbonyl (C=O) groups excluding carboxylic acids is 2. The second kappa shape index (κ2) is 10.0. The van der Waals surface area contributed by atoms with Gasteiger partial charge in [0.15, 0.2) is 5.75 Å². The first-order valence-electron chi connectivity index (χ1n) is 10.4. The number of hydrogen-bond acceptors (Lipinski definition) is 7. The average molecular weight is 446 g/mol. The highest BCUT2D eigenvalue weighted by Crippen LogP contribution is 2.36. The SMILES string of the molecule is C=CC(=O)OOOc1ccc(CCC(=O)Oc2ccc3c(c2)CCc2cc(O)ccc2-3)cc1. The van der Waals surface area contributed by atoms with Crippen LogP contribution in [-0.4, -0.2) is 17.0 Å². The Balaban J connectivity index is 1.29. The van der Waals surface area contributed by atoms with E-state index in [1.807, 2.05) is 18.2 Å². The van der Waals surface area contributed by atoms with E-state index in [4.69, 9.17) is 9.62 Å². The molecule has 0 unspecified atom stereocenters. The molecule has 3 aromatic carbocycles. The molecule has 0 radical (unpaired) electrons. The third-order valence-electron chi connectivity index (χ3n) is 5.31. The van der Waals surface area contributed by atoms with Crippen LogP contribution in [0.25, 0.3) is 11.1 Å². The summed E-state index contributed by atoms with van der Waals surface area (Å²) >= 11 is 0. The van der Waals surface area contributed by atoms with Crippen LogP contribution in [0.4, 0.5) is 0 Å². The molecule has 0 aliphatic heterocycles. The summed E-state index contributed by atoms with van der Waals surface area (Å²) in [5, 5.41) is 14.0. The molecule has 3 aromatic rings. The van der Waals surface area contributed by atoms with Gasteiger partial charge in [0.05, 0.1) is 0 Å². The highest BCUT2D eigenvalue weighted by Gasteiger charge is 2.18. The lowest BCUT2D eigenvalue weighted by molar-refractivity contribution is -0.434. The fourth-order valence-electron chi connectivity index (χ4n) is 3.69. The molecule has 0 heterocycles. The van der Waals surface area contributed by atoms with Gasteiger partial charge in [-0.1, -0.05) is 30.8 Å². The summed E-state index contributed by atoms with van der Waals surface area (Å²) in [4.78, 5) is 32.3. The normalized spacial score (nSPS) is 11.6. The average Bonchev–Trinajstić information content (AvgIpc) is 2.83. The minimum atomic E-state index is -0.769. The summed E-state index contributed by atoms with van der Waals surface area (Å²) < 4.78 is 5.54. The van der Waals surface area contributed by atoms with Gasteiger partial charge in [0.1, 0.15) is 11.5 Å². The van der Waals surface area contributed by atoms with Crippen molar-refractivity contribution in [2.75, 3.05) is 0 Å². The predicted molar refractivity (Wildman–Crippen MR) is 119 cm³/mol. The molecule has 0 saturated heterocycles. The van der Waals surface area contributed by atoms with E-state index in [9.17, 15) is 14.7 Å². The molecule has 0 bridgehead atoms. The van der Waals surface area contributed by atoms with Crippen molar-refractivity contribution in [2.24, 2.45) is 0 Å². The molecule has 4 rings (SSSR count). The van der Waals surface area contributed by atoms with E-state index in [1.165, 1.54) is 0 Å². The van der Waals surface area contributed by atoms with Crippen molar-refractivity contribution in [1.29, 1.82) is 0 Å². The van der Waals surface area contributed by atoms with Gasteiger partial charge in [-0.25, -0.2) is 4.79 Å². The van der Waals surface area contributed by atoms with Crippen LogP contribution >= 0.6 is 0 Å². The molecule has 1 aliphatic carbocycles. The number of carbonyl (C=O) groups is 2. The fraction of sp³-hybridized carbons (Fsp3) is 0.154. The van der Waals surface area contributed by atoms with Crippen LogP contribution in [0, 0.1) is 0 Å². The maximum absolute atomic E-state index is 12.3. The van der Waals surface area contributed by atoms with E-state index in [2.05, 4.69) is 16.5 Å². The second-order valence-electron chi connectivity index (χ2n) is 7.54.